The highest BCUT2D eigenvalue weighted by Crippen LogP contribution is 1.72. The molecule has 0 aliphatic rings. The van der Waals surface area contributed by atoms with Crippen LogP contribution in [0.3, 0.4) is 0 Å². The van der Waals surface area contributed by atoms with Crippen LogP contribution in [0.25, 0.3) is 0 Å². The number of thiol groups is 1. The van der Waals surface area contributed by atoms with Gasteiger partial charge in [0.15, 0.2) is 10.9 Å². The van der Waals surface area contributed by atoms with Crippen molar-refractivity contribution in [2.24, 2.45) is 5.14 Å². The van der Waals surface area contributed by atoms with Crippen LogP contribution in [0, 0.1) is 0 Å². The number of hydrogen-bond donors (Lipinski definition) is 2. The van der Waals surface area contributed by atoms with Gasteiger partial charge in [0.05, 0.1) is 6.20 Å². The summed E-state index contributed by atoms with van der Waals surface area (Å²) in [5.74, 6) is 0. The lowest BCUT2D eigenvalue weighted by atomic mass is 10.8. The maximum Gasteiger partial charge on any atom is 0.198 e. The first kappa shape index (κ1) is 8.12. The van der Waals surface area contributed by atoms with Crippen molar-refractivity contribution in [2.75, 3.05) is 0 Å². The number of nitrogens with zero attached hydrogens (tertiary/aromatic N) is 1. The molecule has 0 unspecified atom stereocenters. The molecule has 0 fully saturated rings. The third kappa shape index (κ3) is 11.0. The molecule has 1 heterocycles. The number of nitrogens with two attached hydrogens (primary N) is 1. The summed E-state index contributed by atoms with van der Waals surface area (Å²) in [6.07, 6.45) is 3.10. The first-order valence-electron chi connectivity index (χ1n) is 1.97. The Morgan fingerprint density at radius 1 is 1.56 bits per heavy atom. The van der Waals surface area contributed by atoms with Crippen molar-refractivity contribution in [3.8, 4) is 0 Å². The SMILES string of the molecule is N[SH](=O)=O.c1cnoc1. The maximum absolute atomic E-state index is 8.81. The molecule has 1 aromatic rings. The minimum absolute atomic E-state index is 1.51. The van der Waals surface area contributed by atoms with Crippen LogP contribution in [-0.4, -0.2) is 13.6 Å². The van der Waals surface area contributed by atoms with Crippen LogP contribution < -0.4 is 5.14 Å². The highest BCUT2D eigenvalue weighted by atomic mass is 32.2. The van der Waals surface area contributed by atoms with Crippen molar-refractivity contribution in [2.45, 2.75) is 0 Å². The Balaban J connectivity index is 0.000000148. The standard InChI is InChI=1S/C3H3NO.H3NO2S/c1-2-4-5-3-1;1-4(2)3/h1-3H;4H,(H2,1,2,3). The third-order valence-corrected chi connectivity index (χ3v) is 0.347. The fourth-order valence-corrected chi connectivity index (χ4v) is 0.176. The normalized spacial score (nSPS) is 8.22. The molecule has 0 atom stereocenters. The molecule has 6 heteroatoms. The predicted octanol–water partition coefficient (Wildman–Crippen LogP) is -0.854. The van der Waals surface area contributed by atoms with Gasteiger partial charge in [0, 0.05) is 0 Å². The average molecular weight is 150 g/mol. The lowest BCUT2D eigenvalue weighted by molar-refractivity contribution is 0.420. The highest BCUT2D eigenvalue weighted by Gasteiger charge is 1.60. The van der Waals surface area contributed by atoms with Crippen LogP contribution >= 0.6 is 0 Å². The van der Waals surface area contributed by atoms with E-state index in [0.717, 1.165) is 0 Å². The molecule has 5 nitrogen and oxygen atoms in total. The Kier molecular flexibility index (Phi) is 4.75. The smallest absolute Gasteiger partial charge is 0.198 e. The molecule has 0 saturated carbocycles. The van der Waals surface area contributed by atoms with E-state index in [2.05, 4.69) is 14.8 Å². The van der Waals surface area contributed by atoms with Gasteiger partial charge in [-0.05, 0) is 6.07 Å². The summed E-state index contributed by atoms with van der Waals surface area (Å²) in [4.78, 5) is 0. The van der Waals surface area contributed by atoms with Crippen LogP contribution in [0.5, 0.6) is 0 Å². The van der Waals surface area contributed by atoms with Gasteiger partial charge in [-0.1, -0.05) is 5.16 Å². The fourth-order valence-electron chi connectivity index (χ4n) is 0.176. The molecule has 1 aromatic heterocycles. The fraction of sp³-hybridized carbons (Fsp3) is 0. The quantitative estimate of drug-likeness (QED) is 0.471. The molecule has 0 aromatic carbocycles. The van der Waals surface area contributed by atoms with Crippen LogP contribution in [0.4, 0.5) is 0 Å². The molecule has 1 rings (SSSR count). The number of aromatic nitrogens is 1. The molecule has 0 aliphatic carbocycles. The van der Waals surface area contributed by atoms with E-state index in [4.69, 9.17) is 8.42 Å². The van der Waals surface area contributed by atoms with E-state index in [1.54, 1.807) is 12.3 Å². The summed E-state index contributed by atoms with van der Waals surface area (Å²) in [5.41, 5.74) is 0. The van der Waals surface area contributed by atoms with E-state index in [1.165, 1.54) is 6.26 Å². The zero-order valence-corrected chi connectivity index (χ0v) is 5.32. The van der Waals surface area contributed by atoms with Crippen molar-refractivity contribution in [1.82, 2.24) is 5.16 Å². The van der Waals surface area contributed by atoms with Crippen LogP contribution in [0.1, 0.15) is 0 Å². The monoisotopic (exact) mass is 150 g/mol. The Morgan fingerprint density at radius 3 is 2.22 bits per heavy atom. The predicted molar refractivity (Wildman–Crippen MR) is 31.0 cm³/mol. The topological polar surface area (TPSA) is 86.2 Å². The van der Waals surface area contributed by atoms with Crippen molar-refractivity contribution >= 4 is 10.9 Å². The lowest BCUT2D eigenvalue weighted by Gasteiger charge is -1.48. The zero-order valence-electron chi connectivity index (χ0n) is 4.43. The second-order valence-corrected chi connectivity index (χ2v) is 1.54. The van der Waals surface area contributed by atoms with Gasteiger partial charge in [-0.15, -0.1) is 0 Å². The van der Waals surface area contributed by atoms with Gasteiger partial charge in [0.2, 0.25) is 0 Å². The van der Waals surface area contributed by atoms with Crippen molar-refractivity contribution in [3.63, 3.8) is 0 Å². The van der Waals surface area contributed by atoms with E-state index >= 15 is 0 Å². The van der Waals surface area contributed by atoms with Crippen LogP contribution in [0.2, 0.25) is 0 Å². The van der Waals surface area contributed by atoms with E-state index in [0.29, 0.717) is 0 Å². The molecule has 2 N–H and O–H groups in total. The van der Waals surface area contributed by atoms with Gasteiger partial charge in [-0.2, -0.15) is 0 Å². The Morgan fingerprint density at radius 2 is 2.11 bits per heavy atom. The molecule has 9 heavy (non-hydrogen) atoms. The summed E-state index contributed by atoms with van der Waals surface area (Å²) in [6, 6.07) is 1.72. The second kappa shape index (κ2) is 5.26. The summed E-state index contributed by atoms with van der Waals surface area (Å²) >= 11 is 0. The summed E-state index contributed by atoms with van der Waals surface area (Å²) < 4.78 is 22.0. The van der Waals surface area contributed by atoms with Crippen LogP contribution in [0.15, 0.2) is 23.0 Å². The van der Waals surface area contributed by atoms with Gasteiger partial charge in [-0.25, -0.2) is 13.6 Å². The van der Waals surface area contributed by atoms with Gasteiger partial charge < -0.3 is 4.52 Å². The Labute approximate surface area is 53.5 Å². The molecule has 52 valence electrons. The molecule has 0 radical (unpaired) electrons. The Hall–Kier alpha value is -0.880. The minimum Gasteiger partial charge on any atom is -0.365 e. The third-order valence-electron chi connectivity index (χ3n) is 0.347. The molecule has 0 saturated heterocycles. The van der Waals surface area contributed by atoms with E-state index < -0.39 is 10.9 Å². The van der Waals surface area contributed by atoms with Crippen LogP contribution in [-0.2, 0) is 10.9 Å². The number of rotatable bonds is 0. The summed E-state index contributed by atoms with van der Waals surface area (Å²) in [7, 11) is -2.62. The molecule has 0 amide bonds. The Bertz CT molecular complexity index is 168. The van der Waals surface area contributed by atoms with Crippen molar-refractivity contribution < 1.29 is 12.9 Å². The van der Waals surface area contributed by atoms with Gasteiger partial charge in [-0.3, -0.25) is 0 Å². The van der Waals surface area contributed by atoms with Crippen molar-refractivity contribution in [3.05, 3.63) is 18.5 Å². The molecular formula is C3H6N2O3S. The maximum atomic E-state index is 8.81. The van der Waals surface area contributed by atoms with E-state index in [1.807, 2.05) is 0 Å². The first-order chi connectivity index (χ1) is 4.23. The van der Waals surface area contributed by atoms with Gasteiger partial charge >= 0.3 is 0 Å². The first-order valence-corrected chi connectivity index (χ1v) is 3.21. The summed E-state index contributed by atoms with van der Waals surface area (Å²) in [5, 5.41) is 7.41. The zero-order chi connectivity index (χ0) is 7.11. The van der Waals surface area contributed by atoms with Gasteiger partial charge in [0.25, 0.3) is 0 Å². The molecular weight excluding hydrogens is 144 g/mol. The molecule has 0 aliphatic heterocycles. The lowest BCUT2D eigenvalue weighted by Crippen LogP contribution is -1.85. The second-order valence-electron chi connectivity index (χ2n) is 0.974. The highest BCUT2D eigenvalue weighted by molar-refractivity contribution is 7.69. The van der Waals surface area contributed by atoms with Gasteiger partial charge in [0.1, 0.15) is 6.26 Å². The van der Waals surface area contributed by atoms with E-state index in [-0.39, 0.29) is 0 Å². The molecule has 0 spiro atoms. The average Bonchev–Trinajstić information content (AvgIpc) is 2.11. The minimum atomic E-state index is -2.62. The summed E-state index contributed by atoms with van der Waals surface area (Å²) in [6.45, 7) is 0. The van der Waals surface area contributed by atoms with Crippen molar-refractivity contribution in [1.29, 1.82) is 0 Å². The number of hydrogen-bond acceptors (Lipinski definition) is 4. The largest absolute Gasteiger partial charge is 0.365 e. The molecule has 0 bridgehead atoms. The van der Waals surface area contributed by atoms with E-state index in [9.17, 15) is 0 Å².